The molecule has 0 heterocycles. The lowest BCUT2D eigenvalue weighted by atomic mass is 10.5. The Bertz CT molecular complexity index is 294. The zero-order valence-corrected chi connectivity index (χ0v) is 9.17. The standard InChI is InChI=1S/C9H18N2O2S/c10-5-6-11(9-3-4-9)14(12,13)7-8-1-2-8/h8-9H,1-7,10H2. The molecule has 0 aromatic carbocycles. The van der Waals surface area contributed by atoms with E-state index in [-0.39, 0.29) is 6.04 Å². The van der Waals surface area contributed by atoms with Crippen LogP contribution in [0.2, 0.25) is 0 Å². The number of rotatable bonds is 6. The van der Waals surface area contributed by atoms with E-state index in [0.29, 0.717) is 24.8 Å². The van der Waals surface area contributed by atoms with E-state index in [0.717, 1.165) is 25.7 Å². The van der Waals surface area contributed by atoms with E-state index in [4.69, 9.17) is 5.73 Å². The summed E-state index contributed by atoms with van der Waals surface area (Å²) >= 11 is 0. The van der Waals surface area contributed by atoms with Crippen LogP contribution in [-0.2, 0) is 10.0 Å². The van der Waals surface area contributed by atoms with Crippen molar-refractivity contribution < 1.29 is 8.42 Å². The normalized spacial score (nSPS) is 23.0. The monoisotopic (exact) mass is 218 g/mol. The van der Waals surface area contributed by atoms with Gasteiger partial charge in [-0.25, -0.2) is 8.42 Å². The molecule has 0 saturated heterocycles. The molecule has 2 aliphatic carbocycles. The highest BCUT2D eigenvalue weighted by atomic mass is 32.2. The summed E-state index contributed by atoms with van der Waals surface area (Å²) in [4.78, 5) is 0. The summed E-state index contributed by atoms with van der Waals surface area (Å²) in [6.07, 6.45) is 4.20. The maximum Gasteiger partial charge on any atom is 0.214 e. The first-order valence-corrected chi connectivity index (χ1v) is 6.94. The number of hydrogen-bond donors (Lipinski definition) is 1. The Morgan fingerprint density at radius 1 is 1.21 bits per heavy atom. The van der Waals surface area contributed by atoms with Gasteiger partial charge in [-0.15, -0.1) is 0 Å². The fourth-order valence-electron chi connectivity index (χ4n) is 1.72. The molecule has 0 atom stereocenters. The number of nitrogens with two attached hydrogens (primary N) is 1. The molecule has 5 heteroatoms. The van der Waals surface area contributed by atoms with E-state index in [1.165, 1.54) is 0 Å². The minimum atomic E-state index is -3.00. The van der Waals surface area contributed by atoms with Crippen LogP contribution in [-0.4, -0.2) is 37.6 Å². The number of nitrogens with zero attached hydrogens (tertiary/aromatic N) is 1. The molecule has 0 unspecified atom stereocenters. The molecule has 0 amide bonds. The van der Waals surface area contributed by atoms with E-state index in [1.807, 2.05) is 0 Å². The SMILES string of the molecule is NCCN(C1CC1)S(=O)(=O)CC1CC1. The predicted octanol–water partition coefficient (Wildman–Crippen LogP) is 0.149. The summed E-state index contributed by atoms with van der Waals surface area (Å²) in [5.74, 6) is 0.780. The third-order valence-electron chi connectivity index (χ3n) is 2.80. The average Bonchev–Trinajstić information content (AvgIpc) is 2.91. The molecule has 2 aliphatic rings. The lowest BCUT2D eigenvalue weighted by Crippen LogP contribution is -2.38. The highest BCUT2D eigenvalue weighted by Gasteiger charge is 2.39. The van der Waals surface area contributed by atoms with Gasteiger partial charge in [0.1, 0.15) is 0 Å². The van der Waals surface area contributed by atoms with Crippen LogP contribution in [0.15, 0.2) is 0 Å². The number of hydrogen-bond acceptors (Lipinski definition) is 3. The van der Waals surface area contributed by atoms with Gasteiger partial charge in [-0.3, -0.25) is 0 Å². The van der Waals surface area contributed by atoms with Crippen LogP contribution in [0.4, 0.5) is 0 Å². The van der Waals surface area contributed by atoms with Gasteiger partial charge in [0.25, 0.3) is 0 Å². The van der Waals surface area contributed by atoms with Gasteiger partial charge in [-0.05, 0) is 31.6 Å². The molecule has 2 fully saturated rings. The van der Waals surface area contributed by atoms with Crippen molar-refractivity contribution >= 4 is 10.0 Å². The van der Waals surface area contributed by atoms with Crippen molar-refractivity contribution in [3.63, 3.8) is 0 Å². The maximum absolute atomic E-state index is 11.9. The van der Waals surface area contributed by atoms with E-state index in [9.17, 15) is 8.42 Å². The fourth-order valence-corrected chi connectivity index (χ4v) is 3.89. The van der Waals surface area contributed by atoms with Crippen LogP contribution in [0, 0.1) is 5.92 Å². The molecule has 14 heavy (non-hydrogen) atoms. The van der Waals surface area contributed by atoms with Gasteiger partial charge in [0.15, 0.2) is 0 Å². The van der Waals surface area contributed by atoms with Crippen molar-refractivity contribution in [1.29, 1.82) is 0 Å². The van der Waals surface area contributed by atoms with Crippen LogP contribution in [0.5, 0.6) is 0 Å². The third kappa shape index (κ3) is 2.46. The predicted molar refractivity (Wildman–Crippen MR) is 55.3 cm³/mol. The van der Waals surface area contributed by atoms with Gasteiger partial charge in [-0.1, -0.05) is 0 Å². The lowest BCUT2D eigenvalue weighted by Gasteiger charge is -2.20. The van der Waals surface area contributed by atoms with E-state index >= 15 is 0 Å². The van der Waals surface area contributed by atoms with Crippen LogP contribution in [0.1, 0.15) is 25.7 Å². The minimum Gasteiger partial charge on any atom is -0.329 e. The first kappa shape index (κ1) is 10.4. The second-order valence-corrected chi connectivity index (χ2v) is 6.32. The molecule has 2 N–H and O–H groups in total. The summed E-state index contributed by atoms with van der Waals surface area (Å²) in [7, 11) is -3.00. The van der Waals surface area contributed by atoms with Crippen LogP contribution in [0.25, 0.3) is 0 Å². The Balaban J connectivity index is 1.99. The number of sulfonamides is 1. The van der Waals surface area contributed by atoms with Gasteiger partial charge >= 0.3 is 0 Å². The van der Waals surface area contributed by atoms with Crippen molar-refractivity contribution in [2.24, 2.45) is 11.7 Å². The maximum atomic E-state index is 11.9. The first-order valence-electron chi connectivity index (χ1n) is 5.33. The van der Waals surface area contributed by atoms with Gasteiger partial charge in [-0.2, -0.15) is 4.31 Å². The molecule has 0 spiro atoms. The third-order valence-corrected chi connectivity index (χ3v) is 4.89. The first-order chi connectivity index (χ1) is 6.63. The van der Waals surface area contributed by atoms with E-state index in [1.54, 1.807) is 4.31 Å². The van der Waals surface area contributed by atoms with Crippen LogP contribution < -0.4 is 5.73 Å². The van der Waals surface area contributed by atoms with Crippen LogP contribution >= 0.6 is 0 Å². The van der Waals surface area contributed by atoms with Crippen molar-refractivity contribution in [2.75, 3.05) is 18.8 Å². The van der Waals surface area contributed by atoms with E-state index < -0.39 is 10.0 Å². The largest absolute Gasteiger partial charge is 0.329 e. The molecule has 82 valence electrons. The Morgan fingerprint density at radius 3 is 2.29 bits per heavy atom. The topological polar surface area (TPSA) is 63.4 Å². The average molecular weight is 218 g/mol. The van der Waals surface area contributed by atoms with Crippen molar-refractivity contribution in [3.05, 3.63) is 0 Å². The smallest absolute Gasteiger partial charge is 0.214 e. The molecule has 0 aliphatic heterocycles. The lowest BCUT2D eigenvalue weighted by molar-refractivity contribution is 0.410. The Hall–Kier alpha value is -0.130. The van der Waals surface area contributed by atoms with E-state index in [2.05, 4.69) is 0 Å². The minimum absolute atomic E-state index is 0.266. The molecule has 2 saturated carbocycles. The summed E-state index contributed by atoms with van der Waals surface area (Å²) in [5.41, 5.74) is 5.43. The highest BCUT2D eigenvalue weighted by Crippen LogP contribution is 2.34. The molecule has 4 nitrogen and oxygen atoms in total. The molecule has 0 aromatic rings. The summed E-state index contributed by atoms with van der Waals surface area (Å²) in [6, 6.07) is 0.266. The second kappa shape index (κ2) is 3.79. The summed E-state index contributed by atoms with van der Waals surface area (Å²) in [5, 5.41) is 0. The summed E-state index contributed by atoms with van der Waals surface area (Å²) < 4.78 is 25.5. The second-order valence-electron chi connectivity index (χ2n) is 4.35. The van der Waals surface area contributed by atoms with Crippen molar-refractivity contribution in [2.45, 2.75) is 31.7 Å². The Kier molecular flexibility index (Phi) is 2.81. The molecular weight excluding hydrogens is 200 g/mol. The zero-order chi connectivity index (χ0) is 10.2. The van der Waals surface area contributed by atoms with Gasteiger partial charge in [0.05, 0.1) is 5.75 Å². The highest BCUT2D eigenvalue weighted by molar-refractivity contribution is 7.89. The molecule has 2 rings (SSSR count). The Labute approximate surface area is 85.5 Å². The molecular formula is C9H18N2O2S. The van der Waals surface area contributed by atoms with Gasteiger partial charge < -0.3 is 5.73 Å². The fraction of sp³-hybridized carbons (Fsp3) is 1.00. The molecule has 0 bridgehead atoms. The van der Waals surface area contributed by atoms with Crippen LogP contribution in [0.3, 0.4) is 0 Å². The van der Waals surface area contributed by atoms with Crippen molar-refractivity contribution in [1.82, 2.24) is 4.31 Å². The quantitative estimate of drug-likeness (QED) is 0.690. The van der Waals surface area contributed by atoms with Gasteiger partial charge in [0.2, 0.25) is 10.0 Å². The summed E-state index contributed by atoms with van der Waals surface area (Å²) in [6.45, 7) is 0.931. The molecule has 0 aromatic heterocycles. The van der Waals surface area contributed by atoms with Crippen molar-refractivity contribution in [3.8, 4) is 0 Å². The molecule has 0 radical (unpaired) electrons. The van der Waals surface area contributed by atoms with Gasteiger partial charge in [0, 0.05) is 19.1 Å². The Morgan fingerprint density at radius 2 is 1.86 bits per heavy atom. The zero-order valence-electron chi connectivity index (χ0n) is 8.35.